The van der Waals surface area contributed by atoms with Gasteiger partial charge in [-0.2, -0.15) is 0 Å². The maximum atomic E-state index is 11.4. The summed E-state index contributed by atoms with van der Waals surface area (Å²) in [5, 5.41) is 21.5. The highest BCUT2D eigenvalue weighted by atomic mass is 16.3. The number of hydrogen-bond donors (Lipinski definition) is 2. The number of rotatable bonds is 6. The summed E-state index contributed by atoms with van der Waals surface area (Å²) in [6.07, 6.45) is 16.2. The summed E-state index contributed by atoms with van der Waals surface area (Å²) in [6.45, 7) is 13.3. The average Bonchev–Trinajstić information content (AvgIpc) is 3.00. The van der Waals surface area contributed by atoms with Gasteiger partial charge in [-0.25, -0.2) is 0 Å². The molecule has 0 heterocycles. The van der Waals surface area contributed by atoms with Crippen LogP contribution in [0.25, 0.3) is 0 Å². The molecular weight excluding hydrogens is 356 g/mol. The highest BCUT2D eigenvalue weighted by molar-refractivity contribution is 5.36. The third-order valence-corrected chi connectivity index (χ3v) is 8.37. The minimum atomic E-state index is -0.554. The van der Waals surface area contributed by atoms with E-state index in [1.54, 1.807) is 5.57 Å². The second kappa shape index (κ2) is 9.10. The van der Waals surface area contributed by atoms with Gasteiger partial charge in [-0.05, 0) is 93.5 Å². The van der Waals surface area contributed by atoms with Crippen LogP contribution in [0.1, 0.15) is 98.3 Å². The molecule has 0 saturated heterocycles. The molecular formula is C27H44O2. The van der Waals surface area contributed by atoms with E-state index in [0.29, 0.717) is 17.8 Å². The average molecular weight is 401 g/mol. The van der Waals surface area contributed by atoms with Crippen LogP contribution in [0.3, 0.4) is 0 Å². The SMILES string of the molecule is C=C1CC[C@H](O)C/C1=C/C=C1\CCC[C@@]2(C)C1CCC2[C@@](C)(O)CCCC(C)C. The molecule has 0 aromatic heterocycles. The molecule has 0 radical (unpaired) electrons. The van der Waals surface area contributed by atoms with Crippen LogP contribution >= 0.6 is 0 Å². The molecule has 164 valence electrons. The highest BCUT2D eigenvalue weighted by Crippen LogP contribution is 2.60. The quantitative estimate of drug-likeness (QED) is 0.518. The van der Waals surface area contributed by atoms with E-state index in [2.05, 4.69) is 46.4 Å². The van der Waals surface area contributed by atoms with Crippen LogP contribution < -0.4 is 0 Å². The standard InChI is InChI=1S/C27H44O2/c1-19(2)8-6-17-27(5,29)25-15-14-24-21(9-7-16-26(24,25)4)11-12-22-18-23(28)13-10-20(22)3/h11-12,19,23-25,28-29H,3,6-10,13-18H2,1-2,4-5H3/b21-11+,22-12-/t23-,24?,25?,26-,27-/m0/s1. The smallest absolute Gasteiger partial charge is 0.0653 e. The Morgan fingerprint density at radius 3 is 2.69 bits per heavy atom. The van der Waals surface area contributed by atoms with Gasteiger partial charge >= 0.3 is 0 Å². The van der Waals surface area contributed by atoms with E-state index in [1.807, 2.05) is 0 Å². The van der Waals surface area contributed by atoms with Gasteiger partial charge in [-0.3, -0.25) is 0 Å². The predicted molar refractivity (Wildman–Crippen MR) is 123 cm³/mol. The fraction of sp³-hybridized carbons (Fsp3) is 0.778. The van der Waals surface area contributed by atoms with Gasteiger partial charge in [0, 0.05) is 0 Å². The number of aliphatic hydroxyl groups is 2. The van der Waals surface area contributed by atoms with Gasteiger partial charge in [0.15, 0.2) is 0 Å². The van der Waals surface area contributed by atoms with E-state index in [0.717, 1.165) is 38.5 Å². The van der Waals surface area contributed by atoms with Crippen molar-refractivity contribution >= 4 is 0 Å². The third-order valence-electron chi connectivity index (χ3n) is 8.37. The highest BCUT2D eigenvalue weighted by Gasteiger charge is 2.54. The predicted octanol–water partition coefficient (Wildman–Crippen LogP) is 6.73. The van der Waals surface area contributed by atoms with Gasteiger partial charge in [0.05, 0.1) is 11.7 Å². The lowest BCUT2D eigenvalue weighted by Crippen LogP contribution is -2.45. The molecule has 3 rings (SSSR count). The molecule has 0 bridgehead atoms. The van der Waals surface area contributed by atoms with E-state index in [1.165, 1.54) is 43.3 Å². The van der Waals surface area contributed by atoms with Crippen LogP contribution in [0.4, 0.5) is 0 Å². The zero-order valence-electron chi connectivity index (χ0n) is 19.3. The van der Waals surface area contributed by atoms with E-state index in [9.17, 15) is 10.2 Å². The Hall–Kier alpha value is -0.860. The zero-order chi connectivity index (χ0) is 21.2. The topological polar surface area (TPSA) is 40.5 Å². The minimum Gasteiger partial charge on any atom is -0.393 e. The Bertz CT molecular complexity index is 653. The second-order valence-corrected chi connectivity index (χ2v) is 11.1. The Labute approximate surface area is 179 Å². The first-order valence-electron chi connectivity index (χ1n) is 12.1. The normalized spacial score (nSPS) is 37.9. The molecule has 3 aliphatic carbocycles. The van der Waals surface area contributed by atoms with Gasteiger partial charge in [0.2, 0.25) is 0 Å². The Balaban J connectivity index is 1.75. The molecule has 0 aromatic carbocycles. The molecule has 0 aliphatic heterocycles. The van der Waals surface area contributed by atoms with Crippen LogP contribution in [0.2, 0.25) is 0 Å². The molecule has 5 atom stereocenters. The molecule has 2 heteroatoms. The summed E-state index contributed by atoms with van der Waals surface area (Å²) in [6, 6.07) is 0. The Kier molecular flexibility index (Phi) is 7.16. The number of allylic oxidation sites excluding steroid dienone is 4. The first kappa shape index (κ1) is 22.8. The molecule has 2 N–H and O–H groups in total. The lowest BCUT2D eigenvalue weighted by atomic mass is 9.59. The molecule has 2 unspecified atom stereocenters. The van der Waals surface area contributed by atoms with Crippen molar-refractivity contribution in [2.45, 2.75) is 110 Å². The Morgan fingerprint density at radius 2 is 1.97 bits per heavy atom. The van der Waals surface area contributed by atoms with Crippen LogP contribution in [0, 0.1) is 23.2 Å². The molecule has 0 amide bonds. The fourth-order valence-electron chi connectivity index (χ4n) is 6.70. The van der Waals surface area contributed by atoms with E-state index in [4.69, 9.17) is 0 Å². The Morgan fingerprint density at radius 1 is 1.21 bits per heavy atom. The largest absolute Gasteiger partial charge is 0.393 e. The molecule has 0 spiro atoms. The van der Waals surface area contributed by atoms with Crippen molar-refractivity contribution in [2.75, 3.05) is 0 Å². The molecule has 3 saturated carbocycles. The van der Waals surface area contributed by atoms with Gasteiger partial charge in [0.1, 0.15) is 0 Å². The van der Waals surface area contributed by atoms with E-state index in [-0.39, 0.29) is 11.5 Å². The van der Waals surface area contributed by atoms with Gasteiger partial charge in [0.25, 0.3) is 0 Å². The van der Waals surface area contributed by atoms with Crippen molar-refractivity contribution in [3.63, 3.8) is 0 Å². The second-order valence-electron chi connectivity index (χ2n) is 11.1. The lowest BCUT2D eigenvalue weighted by molar-refractivity contribution is -0.0657. The van der Waals surface area contributed by atoms with E-state index < -0.39 is 5.60 Å². The summed E-state index contributed by atoms with van der Waals surface area (Å²) < 4.78 is 0. The minimum absolute atomic E-state index is 0.210. The maximum Gasteiger partial charge on any atom is 0.0653 e. The van der Waals surface area contributed by atoms with Crippen LogP contribution in [-0.4, -0.2) is 21.9 Å². The molecule has 3 fully saturated rings. The van der Waals surface area contributed by atoms with Crippen LogP contribution in [-0.2, 0) is 0 Å². The van der Waals surface area contributed by atoms with Crippen molar-refractivity contribution < 1.29 is 10.2 Å². The molecule has 29 heavy (non-hydrogen) atoms. The number of hydrogen-bond acceptors (Lipinski definition) is 2. The molecule has 2 nitrogen and oxygen atoms in total. The molecule has 0 aromatic rings. The van der Waals surface area contributed by atoms with Crippen LogP contribution in [0.15, 0.2) is 35.5 Å². The summed E-state index contributed by atoms with van der Waals surface area (Å²) in [5.41, 5.74) is 3.66. The summed E-state index contributed by atoms with van der Waals surface area (Å²) in [4.78, 5) is 0. The molecule has 3 aliphatic rings. The summed E-state index contributed by atoms with van der Waals surface area (Å²) >= 11 is 0. The third kappa shape index (κ3) is 5.07. The van der Waals surface area contributed by atoms with Crippen molar-refractivity contribution in [1.82, 2.24) is 0 Å². The first-order chi connectivity index (χ1) is 13.6. The van der Waals surface area contributed by atoms with Gasteiger partial charge in [-0.1, -0.05) is 63.5 Å². The van der Waals surface area contributed by atoms with Crippen LogP contribution in [0.5, 0.6) is 0 Å². The maximum absolute atomic E-state index is 11.4. The van der Waals surface area contributed by atoms with Crippen molar-refractivity contribution in [2.24, 2.45) is 23.2 Å². The van der Waals surface area contributed by atoms with Gasteiger partial charge < -0.3 is 10.2 Å². The first-order valence-corrected chi connectivity index (χ1v) is 12.1. The summed E-state index contributed by atoms with van der Waals surface area (Å²) in [7, 11) is 0. The van der Waals surface area contributed by atoms with Crippen molar-refractivity contribution in [3.8, 4) is 0 Å². The monoisotopic (exact) mass is 400 g/mol. The zero-order valence-corrected chi connectivity index (χ0v) is 19.3. The van der Waals surface area contributed by atoms with Gasteiger partial charge in [-0.15, -0.1) is 0 Å². The van der Waals surface area contributed by atoms with Crippen molar-refractivity contribution in [3.05, 3.63) is 35.5 Å². The van der Waals surface area contributed by atoms with E-state index >= 15 is 0 Å². The summed E-state index contributed by atoms with van der Waals surface area (Å²) in [5.74, 6) is 1.70. The lowest BCUT2D eigenvalue weighted by Gasteiger charge is -2.47. The van der Waals surface area contributed by atoms with Crippen molar-refractivity contribution in [1.29, 1.82) is 0 Å². The number of aliphatic hydroxyl groups excluding tert-OH is 1. The fourth-order valence-corrected chi connectivity index (χ4v) is 6.70. The number of fused-ring (bicyclic) bond motifs is 1.